The van der Waals surface area contributed by atoms with Crippen molar-refractivity contribution in [2.24, 2.45) is 0 Å². The molecular formula is C13H20N2O2. The first-order valence-electron chi connectivity index (χ1n) is 5.98. The van der Waals surface area contributed by atoms with Gasteiger partial charge in [0.15, 0.2) is 0 Å². The predicted octanol–water partition coefficient (Wildman–Crippen LogP) is 1.44. The van der Waals surface area contributed by atoms with Crippen molar-refractivity contribution in [2.45, 2.75) is 6.10 Å². The lowest BCUT2D eigenvalue weighted by Crippen LogP contribution is -2.42. The number of rotatable bonds is 4. The van der Waals surface area contributed by atoms with Gasteiger partial charge in [0, 0.05) is 25.8 Å². The Hall–Kier alpha value is -1.26. The standard InChI is InChI=1S/C13H20N2O2/c1-14-11-3-5-12(6-4-11)17-10-13-9-15(2)7-8-16-13/h3-6,13-14H,7-10H2,1-2H3. The van der Waals surface area contributed by atoms with Crippen molar-refractivity contribution in [3.8, 4) is 5.75 Å². The van der Waals surface area contributed by atoms with Crippen molar-refractivity contribution in [2.75, 3.05) is 45.7 Å². The Kier molecular flexibility index (Phi) is 4.23. The predicted molar refractivity (Wildman–Crippen MR) is 68.7 cm³/mol. The maximum atomic E-state index is 5.71. The maximum absolute atomic E-state index is 5.71. The number of nitrogens with one attached hydrogen (secondary N) is 1. The number of morpholine rings is 1. The van der Waals surface area contributed by atoms with Gasteiger partial charge < -0.3 is 19.7 Å². The molecule has 94 valence electrons. The molecule has 0 aromatic heterocycles. The summed E-state index contributed by atoms with van der Waals surface area (Å²) >= 11 is 0. The monoisotopic (exact) mass is 236 g/mol. The van der Waals surface area contributed by atoms with Crippen molar-refractivity contribution < 1.29 is 9.47 Å². The number of hydrogen-bond donors (Lipinski definition) is 1. The van der Waals surface area contributed by atoms with E-state index in [0.717, 1.165) is 31.1 Å². The Balaban J connectivity index is 1.80. The second-order valence-electron chi connectivity index (χ2n) is 4.34. The fourth-order valence-electron chi connectivity index (χ4n) is 1.87. The molecule has 4 nitrogen and oxygen atoms in total. The molecule has 1 aliphatic rings. The van der Waals surface area contributed by atoms with Crippen molar-refractivity contribution in [3.63, 3.8) is 0 Å². The second kappa shape index (κ2) is 5.89. The van der Waals surface area contributed by atoms with Crippen LogP contribution in [-0.4, -0.2) is 51.4 Å². The Morgan fingerprint density at radius 1 is 1.41 bits per heavy atom. The molecular weight excluding hydrogens is 216 g/mol. The van der Waals surface area contributed by atoms with E-state index >= 15 is 0 Å². The van der Waals surface area contributed by atoms with Gasteiger partial charge in [-0.1, -0.05) is 0 Å². The third-order valence-corrected chi connectivity index (χ3v) is 2.92. The zero-order valence-corrected chi connectivity index (χ0v) is 10.5. The molecule has 1 fully saturated rings. The Morgan fingerprint density at radius 3 is 2.82 bits per heavy atom. The van der Waals surface area contributed by atoms with E-state index in [1.54, 1.807) is 0 Å². The van der Waals surface area contributed by atoms with Crippen LogP contribution in [0, 0.1) is 0 Å². The molecule has 0 aliphatic carbocycles. The van der Waals surface area contributed by atoms with Crippen LogP contribution < -0.4 is 10.1 Å². The normalized spacial score (nSPS) is 21.2. The van der Waals surface area contributed by atoms with Crippen molar-refractivity contribution in [1.29, 1.82) is 0 Å². The molecule has 0 amide bonds. The van der Waals surface area contributed by atoms with Crippen LogP contribution >= 0.6 is 0 Å². The summed E-state index contributed by atoms with van der Waals surface area (Å²) in [6.07, 6.45) is 0.178. The van der Waals surface area contributed by atoms with E-state index in [2.05, 4.69) is 17.3 Å². The SMILES string of the molecule is CNc1ccc(OCC2CN(C)CCO2)cc1. The summed E-state index contributed by atoms with van der Waals surface area (Å²) in [5.74, 6) is 0.890. The van der Waals surface area contributed by atoms with Crippen LogP contribution in [-0.2, 0) is 4.74 Å². The first kappa shape index (κ1) is 12.2. The summed E-state index contributed by atoms with van der Waals surface area (Å²) in [7, 11) is 4.01. The highest BCUT2D eigenvalue weighted by Gasteiger charge is 2.17. The molecule has 0 bridgehead atoms. The number of nitrogens with zero attached hydrogens (tertiary/aromatic N) is 1. The Labute approximate surface area is 103 Å². The van der Waals surface area contributed by atoms with Crippen molar-refractivity contribution in [1.82, 2.24) is 4.90 Å². The topological polar surface area (TPSA) is 33.7 Å². The number of likely N-dealkylation sites (N-methyl/N-ethyl adjacent to an activating group) is 1. The highest BCUT2D eigenvalue weighted by atomic mass is 16.5. The minimum atomic E-state index is 0.178. The van der Waals surface area contributed by atoms with Gasteiger partial charge >= 0.3 is 0 Å². The number of benzene rings is 1. The molecule has 1 unspecified atom stereocenters. The van der Waals surface area contributed by atoms with Gasteiger partial charge in [0.05, 0.1) is 6.61 Å². The fourth-order valence-corrected chi connectivity index (χ4v) is 1.87. The van der Waals surface area contributed by atoms with Crippen molar-refractivity contribution >= 4 is 5.69 Å². The molecule has 2 rings (SSSR count). The Morgan fingerprint density at radius 2 is 2.18 bits per heavy atom. The molecule has 17 heavy (non-hydrogen) atoms. The molecule has 0 radical (unpaired) electrons. The van der Waals surface area contributed by atoms with E-state index < -0.39 is 0 Å². The fraction of sp³-hybridized carbons (Fsp3) is 0.538. The van der Waals surface area contributed by atoms with E-state index in [9.17, 15) is 0 Å². The number of hydrogen-bond acceptors (Lipinski definition) is 4. The van der Waals surface area contributed by atoms with Crippen LogP contribution in [0.4, 0.5) is 5.69 Å². The molecule has 1 heterocycles. The van der Waals surface area contributed by atoms with Crippen LogP contribution in [0.3, 0.4) is 0 Å². The molecule has 1 aliphatic heterocycles. The molecule has 1 N–H and O–H groups in total. The quantitative estimate of drug-likeness (QED) is 0.857. The van der Waals surface area contributed by atoms with E-state index in [-0.39, 0.29) is 6.10 Å². The van der Waals surface area contributed by atoms with Crippen LogP contribution in [0.25, 0.3) is 0 Å². The summed E-state index contributed by atoms with van der Waals surface area (Å²) in [6.45, 7) is 3.36. The van der Waals surface area contributed by atoms with Crippen LogP contribution in [0.15, 0.2) is 24.3 Å². The molecule has 0 saturated carbocycles. The molecule has 4 heteroatoms. The Bertz CT molecular complexity index is 340. The van der Waals surface area contributed by atoms with E-state index in [4.69, 9.17) is 9.47 Å². The molecule has 1 saturated heterocycles. The first-order valence-corrected chi connectivity index (χ1v) is 5.98. The third kappa shape index (κ3) is 3.61. The average molecular weight is 236 g/mol. The smallest absolute Gasteiger partial charge is 0.119 e. The second-order valence-corrected chi connectivity index (χ2v) is 4.34. The van der Waals surface area contributed by atoms with Gasteiger partial charge in [-0.3, -0.25) is 0 Å². The molecule has 1 atom stereocenters. The zero-order valence-electron chi connectivity index (χ0n) is 10.5. The minimum Gasteiger partial charge on any atom is -0.491 e. The zero-order chi connectivity index (χ0) is 12.1. The van der Waals surface area contributed by atoms with Gasteiger partial charge in [-0.25, -0.2) is 0 Å². The average Bonchev–Trinajstić information content (AvgIpc) is 2.37. The lowest BCUT2D eigenvalue weighted by atomic mass is 10.3. The van der Waals surface area contributed by atoms with Gasteiger partial charge in [0.2, 0.25) is 0 Å². The lowest BCUT2D eigenvalue weighted by Gasteiger charge is -2.29. The van der Waals surface area contributed by atoms with E-state index in [0.29, 0.717) is 6.61 Å². The summed E-state index contributed by atoms with van der Waals surface area (Å²) in [4.78, 5) is 2.27. The van der Waals surface area contributed by atoms with Crippen LogP contribution in [0.5, 0.6) is 5.75 Å². The van der Waals surface area contributed by atoms with Gasteiger partial charge in [-0.05, 0) is 31.3 Å². The third-order valence-electron chi connectivity index (χ3n) is 2.92. The molecule has 0 spiro atoms. The number of anilines is 1. The highest BCUT2D eigenvalue weighted by molar-refractivity contribution is 5.45. The molecule has 1 aromatic carbocycles. The van der Waals surface area contributed by atoms with Gasteiger partial charge in [-0.2, -0.15) is 0 Å². The lowest BCUT2D eigenvalue weighted by molar-refractivity contribution is -0.0403. The number of ether oxygens (including phenoxy) is 2. The van der Waals surface area contributed by atoms with Crippen LogP contribution in [0.1, 0.15) is 0 Å². The van der Waals surface area contributed by atoms with Gasteiger partial charge in [-0.15, -0.1) is 0 Å². The molecule has 1 aromatic rings. The highest BCUT2D eigenvalue weighted by Crippen LogP contribution is 2.16. The minimum absolute atomic E-state index is 0.178. The summed E-state index contributed by atoms with van der Waals surface area (Å²) < 4.78 is 11.3. The first-order chi connectivity index (χ1) is 8.28. The maximum Gasteiger partial charge on any atom is 0.119 e. The van der Waals surface area contributed by atoms with Crippen LogP contribution in [0.2, 0.25) is 0 Å². The summed E-state index contributed by atoms with van der Waals surface area (Å²) in [5.41, 5.74) is 1.09. The van der Waals surface area contributed by atoms with E-state index in [1.165, 1.54) is 0 Å². The van der Waals surface area contributed by atoms with Crippen molar-refractivity contribution in [3.05, 3.63) is 24.3 Å². The van der Waals surface area contributed by atoms with Gasteiger partial charge in [0.1, 0.15) is 18.5 Å². The summed E-state index contributed by atoms with van der Waals surface area (Å²) in [5, 5.41) is 3.08. The van der Waals surface area contributed by atoms with E-state index in [1.807, 2.05) is 31.3 Å². The van der Waals surface area contributed by atoms with Gasteiger partial charge in [0.25, 0.3) is 0 Å². The largest absolute Gasteiger partial charge is 0.491 e. The summed E-state index contributed by atoms with van der Waals surface area (Å²) in [6, 6.07) is 7.95.